The summed E-state index contributed by atoms with van der Waals surface area (Å²) in [5, 5.41) is 9.99. The summed E-state index contributed by atoms with van der Waals surface area (Å²) >= 11 is 0. The van der Waals surface area contributed by atoms with Gasteiger partial charge in [-0.1, -0.05) is 160 Å². The standard InChI is InChI=1S/C41H76O5/c1-3-5-7-9-11-13-15-16-17-18-19-20-21-22-23-24-26-28-30-32-34-36-41(44)46-38-39(42)37-45-40(43)35-33-31-29-27-25-14-12-10-8-6-4-2/h16-17,27,29,39,42H,3-15,18-26,28,30-38H2,1-2H3/b17-16-,29-27-/t39-/m1/s1. The van der Waals surface area contributed by atoms with E-state index in [9.17, 15) is 14.7 Å². The Labute approximate surface area is 285 Å². The third-order valence-corrected chi connectivity index (χ3v) is 8.66. The summed E-state index contributed by atoms with van der Waals surface area (Å²) in [6.45, 7) is 4.26. The van der Waals surface area contributed by atoms with Gasteiger partial charge in [-0.15, -0.1) is 0 Å². The number of unbranched alkanes of at least 4 members (excludes halogenated alkanes) is 24. The first kappa shape index (κ1) is 44.4. The van der Waals surface area contributed by atoms with Gasteiger partial charge in [0.1, 0.15) is 19.3 Å². The van der Waals surface area contributed by atoms with Gasteiger partial charge in [0.25, 0.3) is 0 Å². The van der Waals surface area contributed by atoms with Crippen molar-refractivity contribution in [2.75, 3.05) is 13.2 Å². The van der Waals surface area contributed by atoms with Gasteiger partial charge in [-0.2, -0.15) is 0 Å². The lowest BCUT2D eigenvalue weighted by Gasteiger charge is -2.12. The zero-order valence-corrected chi connectivity index (χ0v) is 30.6. The number of hydrogen-bond acceptors (Lipinski definition) is 5. The number of ether oxygens (including phenoxy) is 2. The molecule has 0 saturated carbocycles. The molecule has 0 radical (unpaired) electrons. The second-order valence-electron chi connectivity index (χ2n) is 13.4. The molecule has 5 nitrogen and oxygen atoms in total. The molecule has 0 heterocycles. The van der Waals surface area contributed by atoms with Crippen LogP contribution in [0.15, 0.2) is 24.3 Å². The van der Waals surface area contributed by atoms with E-state index in [1.807, 2.05) is 0 Å². The van der Waals surface area contributed by atoms with E-state index < -0.39 is 6.10 Å². The Kier molecular flexibility index (Phi) is 36.5. The summed E-state index contributed by atoms with van der Waals surface area (Å²) in [4.78, 5) is 23.9. The summed E-state index contributed by atoms with van der Waals surface area (Å²) in [6.07, 6.45) is 43.9. The molecule has 0 aromatic carbocycles. The highest BCUT2D eigenvalue weighted by atomic mass is 16.6. The van der Waals surface area contributed by atoms with E-state index in [4.69, 9.17) is 9.47 Å². The summed E-state index contributed by atoms with van der Waals surface area (Å²) in [5.41, 5.74) is 0. The fourth-order valence-electron chi connectivity index (χ4n) is 5.61. The first-order chi connectivity index (χ1) is 22.6. The first-order valence-corrected chi connectivity index (χ1v) is 19.9. The molecule has 46 heavy (non-hydrogen) atoms. The third-order valence-electron chi connectivity index (χ3n) is 8.66. The van der Waals surface area contributed by atoms with Crippen molar-refractivity contribution in [3.05, 3.63) is 24.3 Å². The van der Waals surface area contributed by atoms with Crippen LogP contribution in [0, 0.1) is 0 Å². The Hall–Kier alpha value is -1.62. The largest absolute Gasteiger partial charge is 0.463 e. The quantitative estimate of drug-likeness (QED) is 0.0416. The molecule has 0 aliphatic heterocycles. The molecule has 0 aliphatic rings. The first-order valence-electron chi connectivity index (χ1n) is 19.9. The average molecular weight is 649 g/mol. The maximum atomic E-state index is 12.0. The molecule has 0 fully saturated rings. The maximum absolute atomic E-state index is 12.0. The van der Waals surface area contributed by atoms with Crippen molar-refractivity contribution in [2.45, 2.75) is 213 Å². The molecule has 0 spiro atoms. The Bertz CT molecular complexity index is 701. The zero-order valence-electron chi connectivity index (χ0n) is 30.6. The molecule has 0 unspecified atom stereocenters. The van der Waals surface area contributed by atoms with E-state index in [0.29, 0.717) is 12.8 Å². The van der Waals surface area contributed by atoms with Crippen molar-refractivity contribution in [1.82, 2.24) is 0 Å². The fourth-order valence-corrected chi connectivity index (χ4v) is 5.61. The number of allylic oxidation sites excluding steroid dienone is 4. The predicted octanol–water partition coefficient (Wildman–Crippen LogP) is 12.3. The smallest absolute Gasteiger partial charge is 0.305 e. The van der Waals surface area contributed by atoms with Crippen molar-refractivity contribution in [3.63, 3.8) is 0 Å². The van der Waals surface area contributed by atoms with Crippen molar-refractivity contribution >= 4 is 11.9 Å². The van der Waals surface area contributed by atoms with Crippen LogP contribution < -0.4 is 0 Å². The molecule has 0 rings (SSSR count). The lowest BCUT2D eigenvalue weighted by Crippen LogP contribution is -2.25. The minimum Gasteiger partial charge on any atom is -0.463 e. The Morgan fingerprint density at radius 1 is 0.435 bits per heavy atom. The average Bonchev–Trinajstić information content (AvgIpc) is 3.06. The fraction of sp³-hybridized carbons (Fsp3) is 0.854. The summed E-state index contributed by atoms with van der Waals surface area (Å²) < 4.78 is 10.3. The molecule has 270 valence electrons. The molecule has 5 heteroatoms. The molecular weight excluding hydrogens is 572 g/mol. The van der Waals surface area contributed by atoms with Gasteiger partial charge in [0, 0.05) is 12.8 Å². The molecule has 0 aliphatic carbocycles. The minimum absolute atomic E-state index is 0.122. The van der Waals surface area contributed by atoms with Gasteiger partial charge in [-0.25, -0.2) is 0 Å². The Balaban J connectivity index is 3.41. The van der Waals surface area contributed by atoms with Gasteiger partial charge >= 0.3 is 11.9 Å². The van der Waals surface area contributed by atoms with Crippen LogP contribution in [0.4, 0.5) is 0 Å². The second kappa shape index (κ2) is 37.8. The monoisotopic (exact) mass is 649 g/mol. The molecule has 0 amide bonds. The second-order valence-corrected chi connectivity index (χ2v) is 13.4. The SMILES string of the molecule is CCCCCCCC/C=C\CCCCCCCCCCCCCC(=O)OC[C@H](O)COC(=O)CCC/C=C\CCCCCCCC. The zero-order chi connectivity index (χ0) is 33.6. The van der Waals surface area contributed by atoms with E-state index in [1.165, 1.54) is 141 Å². The topological polar surface area (TPSA) is 72.8 Å². The lowest BCUT2D eigenvalue weighted by atomic mass is 10.0. The predicted molar refractivity (Wildman–Crippen MR) is 196 cm³/mol. The van der Waals surface area contributed by atoms with Crippen LogP contribution in [0.1, 0.15) is 206 Å². The van der Waals surface area contributed by atoms with Gasteiger partial charge in [-0.3, -0.25) is 9.59 Å². The van der Waals surface area contributed by atoms with Crippen molar-refractivity contribution in [1.29, 1.82) is 0 Å². The van der Waals surface area contributed by atoms with Crippen LogP contribution in [0.3, 0.4) is 0 Å². The summed E-state index contributed by atoms with van der Waals surface area (Å²) in [7, 11) is 0. The lowest BCUT2D eigenvalue weighted by molar-refractivity contribution is -0.152. The highest BCUT2D eigenvalue weighted by Gasteiger charge is 2.12. The number of hydrogen-bond donors (Lipinski definition) is 1. The number of carbonyl (C=O) groups excluding carboxylic acids is 2. The molecule has 0 bridgehead atoms. The number of carbonyl (C=O) groups is 2. The maximum Gasteiger partial charge on any atom is 0.305 e. The van der Waals surface area contributed by atoms with E-state index in [1.54, 1.807) is 0 Å². The molecule has 0 aromatic rings. The van der Waals surface area contributed by atoms with Crippen LogP contribution in [0.2, 0.25) is 0 Å². The van der Waals surface area contributed by atoms with Crippen molar-refractivity contribution in [2.24, 2.45) is 0 Å². The minimum atomic E-state index is -0.971. The van der Waals surface area contributed by atoms with Crippen molar-refractivity contribution < 1.29 is 24.2 Å². The molecule has 1 N–H and O–H groups in total. The van der Waals surface area contributed by atoms with E-state index in [0.717, 1.165) is 38.5 Å². The molecule has 0 aromatic heterocycles. The number of rotatable bonds is 36. The van der Waals surface area contributed by atoms with E-state index >= 15 is 0 Å². The van der Waals surface area contributed by atoms with Crippen LogP contribution in [0.5, 0.6) is 0 Å². The normalized spacial score (nSPS) is 12.3. The molecule has 0 saturated heterocycles. The van der Waals surface area contributed by atoms with Crippen LogP contribution in [-0.4, -0.2) is 36.4 Å². The van der Waals surface area contributed by atoms with Crippen LogP contribution >= 0.6 is 0 Å². The van der Waals surface area contributed by atoms with Gasteiger partial charge in [-0.05, 0) is 57.8 Å². The highest BCUT2D eigenvalue weighted by molar-refractivity contribution is 5.69. The third kappa shape index (κ3) is 36.8. The van der Waals surface area contributed by atoms with Crippen LogP contribution in [-0.2, 0) is 19.1 Å². The number of aliphatic hydroxyl groups is 1. The van der Waals surface area contributed by atoms with Crippen molar-refractivity contribution in [3.8, 4) is 0 Å². The number of esters is 2. The van der Waals surface area contributed by atoms with Crippen LogP contribution in [0.25, 0.3) is 0 Å². The molecule has 1 atom stereocenters. The van der Waals surface area contributed by atoms with E-state index in [-0.39, 0.29) is 25.2 Å². The van der Waals surface area contributed by atoms with Gasteiger partial charge in [0.15, 0.2) is 0 Å². The van der Waals surface area contributed by atoms with Gasteiger partial charge in [0.05, 0.1) is 0 Å². The summed E-state index contributed by atoms with van der Waals surface area (Å²) in [5.74, 6) is -0.599. The van der Waals surface area contributed by atoms with Gasteiger partial charge < -0.3 is 14.6 Å². The van der Waals surface area contributed by atoms with E-state index in [2.05, 4.69) is 38.2 Å². The Morgan fingerprint density at radius 2 is 0.717 bits per heavy atom. The number of aliphatic hydroxyl groups excluding tert-OH is 1. The highest BCUT2D eigenvalue weighted by Crippen LogP contribution is 2.14. The van der Waals surface area contributed by atoms with Gasteiger partial charge in [0.2, 0.25) is 0 Å². The summed E-state index contributed by atoms with van der Waals surface area (Å²) in [6, 6.07) is 0. The Morgan fingerprint density at radius 3 is 1.09 bits per heavy atom. The molecular formula is C41H76O5.